The van der Waals surface area contributed by atoms with Gasteiger partial charge in [-0.25, -0.2) is 9.97 Å². The molecule has 0 spiro atoms. The number of aryl methyl sites for hydroxylation is 1. The van der Waals surface area contributed by atoms with Crippen LogP contribution in [0.1, 0.15) is 31.8 Å². The second-order valence-electron chi connectivity index (χ2n) is 12.8. The fourth-order valence-corrected chi connectivity index (χ4v) is 6.87. The molecule has 2 aromatic heterocycles. The van der Waals surface area contributed by atoms with E-state index in [0.717, 1.165) is 79.4 Å². The predicted molar refractivity (Wildman–Crippen MR) is 202 cm³/mol. The van der Waals surface area contributed by atoms with Gasteiger partial charge in [-0.3, -0.25) is 9.59 Å². The maximum absolute atomic E-state index is 13.8. The molecular formula is C45H30N4O2. The molecule has 2 heterocycles. The van der Waals surface area contributed by atoms with Gasteiger partial charge < -0.3 is 9.97 Å². The van der Waals surface area contributed by atoms with Crippen molar-refractivity contribution in [3.63, 3.8) is 0 Å². The normalized spacial score (nSPS) is 11.7. The van der Waals surface area contributed by atoms with E-state index in [9.17, 15) is 9.59 Å². The first-order valence-corrected chi connectivity index (χ1v) is 16.8. The van der Waals surface area contributed by atoms with Crippen molar-refractivity contribution in [2.24, 2.45) is 0 Å². The van der Waals surface area contributed by atoms with Gasteiger partial charge >= 0.3 is 0 Å². The standard InChI is InChI=1S/C45H30N4O2/c1-27-12-16-31(17-13-27)44-46-39(29-8-4-2-5-9-29)41(48-44)33-20-22-35-37(24-33)38-25-34(21-23-36(38)43(35)51)42-40(30-10-6-3-7-11-30)47-45(49-42)32-18-14-28(26-50)15-19-32/h2-26H,1H3,(H,46,48)(H,47,49). The highest BCUT2D eigenvalue weighted by Gasteiger charge is 2.29. The summed E-state index contributed by atoms with van der Waals surface area (Å²) in [6, 6.07) is 47.9. The topological polar surface area (TPSA) is 91.5 Å². The van der Waals surface area contributed by atoms with E-state index in [1.807, 2.05) is 84.9 Å². The summed E-state index contributed by atoms with van der Waals surface area (Å²) in [6.07, 6.45) is 0.833. The van der Waals surface area contributed by atoms with E-state index >= 15 is 0 Å². The van der Waals surface area contributed by atoms with Gasteiger partial charge in [0.2, 0.25) is 0 Å². The van der Waals surface area contributed by atoms with E-state index in [1.165, 1.54) is 5.56 Å². The SMILES string of the molecule is Cc1ccc(-c2nc(-c3ccccc3)c(-c3ccc4c(c3)-c3cc(-c5nc(-c6ccc(C=O)cc6)[nH]c5-c5ccccc5)ccc3C4=O)[nH]2)cc1. The molecular weight excluding hydrogens is 629 g/mol. The summed E-state index contributed by atoms with van der Waals surface area (Å²) >= 11 is 0. The number of H-pyrrole nitrogens is 2. The Bertz CT molecular complexity index is 2600. The number of carbonyl (C=O) groups excluding carboxylic acids is 2. The average Bonchev–Trinajstić information content (AvgIpc) is 3.91. The number of aromatic amines is 2. The zero-order chi connectivity index (χ0) is 34.5. The number of nitrogens with one attached hydrogen (secondary N) is 2. The number of carbonyl (C=O) groups is 2. The number of aromatic nitrogens is 4. The number of aldehydes is 1. The molecule has 0 unspecified atom stereocenters. The summed E-state index contributed by atoms with van der Waals surface area (Å²) in [5.41, 5.74) is 14.0. The molecule has 6 aromatic carbocycles. The van der Waals surface area contributed by atoms with Crippen LogP contribution in [0.4, 0.5) is 0 Å². The largest absolute Gasteiger partial charge is 0.337 e. The lowest BCUT2D eigenvalue weighted by Gasteiger charge is -2.08. The van der Waals surface area contributed by atoms with E-state index in [0.29, 0.717) is 22.5 Å². The van der Waals surface area contributed by atoms with Gasteiger partial charge in [-0.1, -0.05) is 127 Å². The van der Waals surface area contributed by atoms with E-state index in [4.69, 9.17) is 9.97 Å². The van der Waals surface area contributed by atoms with Crippen molar-refractivity contribution in [1.29, 1.82) is 0 Å². The van der Waals surface area contributed by atoms with Crippen LogP contribution in [-0.4, -0.2) is 32.0 Å². The summed E-state index contributed by atoms with van der Waals surface area (Å²) in [7, 11) is 0. The minimum atomic E-state index is 0.00704. The molecule has 51 heavy (non-hydrogen) atoms. The van der Waals surface area contributed by atoms with Crippen LogP contribution in [0.15, 0.2) is 146 Å². The average molecular weight is 659 g/mol. The number of rotatable bonds is 7. The molecule has 6 nitrogen and oxygen atoms in total. The van der Waals surface area contributed by atoms with Crippen LogP contribution < -0.4 is 0 Å². The minimum absolute atomic E-state index is 0.00704. The molecule has 0 fully saturated rings. The first-order valence-electron chi connectivity index (χ1n) is 16.8. The molecule has 0 saturated carbocycles. The Morgan fingerprint density at radius 1 is 0.471 bits per heavy atom. The maximum Gasteiger partial charge on any atom is 0.194 e. The fraction of sp³-hybridized carbons (Fsp3) is 0.0222. The highest BCUT2D eigenvalue weighted by molar-refractivity contribution is 6.22. The van der Waals surface area contributed by atoms with E-state index in [-0.39, 0.29) is 5.78 Å². The predicted octanol–water partition coefficient (Wildman–Crippen LogP) is 10.5. The fourth-order valence-electron chi connectivity index (χ4n) is 6.87. The Balaban J connectivity index is 1.18. The third-order valence-corrected chi connectivity index (χ3v) is 9.54. The molecule has 0 saturated heterocycles. The molecule has 0 amide bonds. The first kappa shape index (κ1) is 30.2. The van der Waals surface area contributed by atoms with Crippen molar-refractivity contribution in [3.05, 3.63) is 168 Å². The van der Waals surface area contributed by atoms with Crippen molar-refractivity contribution in [2.45, 2.75) is 6.92 Å². The van der Waals surface area contributed by atoms with E-state index in [1.54, 1.807) is 12.1 Å². The third kappa shape index (κ3) is 5.30. The summed E-state index contributed by atoms with van der Waals surface area (Å²) in [5, 5.41) is 0. The first-order chi connectivity index (χ1) is 25.0. The summed E-state index contributed by atoms with van der Waals surface area (Å²) in [4.78, 5) is 42.4. The van der Waals surface area contributed by atoms with Gasteiger partial charge in [0.1, 0.15) is 17.9 Å². The van der Waals surface area contributed by atoms with Gasteiger partial charge in [0.25, 0.3) is 0 Å². The third-order valence-electron chi connectivity index (χ3n) is 9.54. The Kier molecular flexibility index (Phi) is 7.21. The van der Waals surface area contributed by atoms with Crippen LogP contribution in [0.3, 0.4) is 0 Å². The zero-order valence-electron chi connectivity index (χ0n) is 27.6. The number of benzene rings is 6. The van der Waals surface area contributed by atoms with E-state index < -0.39 is 0 Å². The second kappa shape index (κ2) is 12.2. The molecule has 2 N–H and O–H groups in total. The highest BCUT2D eigenvalue weighted by atomic mass is 16.1. The van der Waals surface area contributed by atoms with Crippen molar-refractivity contribution in [3.8, 4) is 78.9 Å². The van der Waals surface area contributed by atoms with Crippen molar-refractivity contribution >= 4 is 12.1 Å². The zero-order valence-corrected chi connectivity index (χ0v) is 27.6. The van der Waals surface area contributed by atoms with Gasteiger partial charge in [0.15, 0.2) is 5.78 Å². The van der Waals surface area contributed by atoms with Crippen molar-refractivity contribution in [1.82, 2.24) is 19.9 Å². The minimum Gasteiger partial charge on any atom is -0.337 e. The molecule has 6 heteroatoms. The summed E-state index contributed by atoms with van der Waals surface area (Å²) in [6.45, 7) is 2.07. The number of fused-ring (bicyclic) bond motifs is 3. The Morgan fingerprint density at radius 3 is 1.53 bits per heavy atom. The molecule has 0 radical (unpaired) electrons. The lowest BCUT2D eigenvalue weighted by molar-refractivity contribution is 0.104. The highest BCUT2D eigenvalue weighted by Crippen LogP contribution is 2.43. The van der Waals surface area contributed by atoms with Crippen LogP contribution in [0.2, 0.25) is 0 Å². The van der Waals surface area contributed by atoms with Gasteiger partial charge in [-0.15, -0.1) is 0 Å². The van der Waals surface area contributed by atoms with Crippen LogP contribution in [0, 0.1) is 6.92 Å². The monoisotopic (exact) mass is 658 g/mol. The molecule has 242 valence electrons. The number of hydrogen-bond acceptors (Lipinski definition) is 4. The quantitative estimate of drug-likeness (QED) is 0.167. The molecule has 0 bridgehead atoms. The number of nitrogens with zero attached hydrogens (tertiary/aromatic N) is 2. The maximum atomic E-state index is 13.8. The lowest BCUT2D eigenvalue weighted by atomic mass is 9.97. The van der Waals surface area contributed by atoms with Gasteiger partial charge in [-0.2, -0.15) is 0 Å². The van der Waals surface area contributed by atoms with Crippen LogP contribution in [-0.2, 0) is 0 Å². The van der Waals surface area contributed by atoms with Crippen molar-refractivity contribution in [2.75, 3.05) is 0 Å². The van der Waals surface area contributed by atoms with Crippen molar-refractivity contribution < 1.29 is 9.59 Å². The summed E-state index contributed by atoms with van der Waals surface area (Å²) in [5.74, 6) is 1.48. The van der Waals surface area contributed by atoms with Gasteiger partial charge in [0, 0.05) is 50.1 Å². The van der Waals surface area contributed by atoms with Crippen LogP contribution >= 0.6 is 0 Å². The van der Waals surface area contributed by atoms with Crippen LogP contribution in [0.25, 0.3) is 78.9 Å². The van der Waals surface area contributed by atoms with E-state index in [2.05, 4.69) is 65.4 Å². The number of hydrogen-bond donors (Lipinski definition) is 2. The number of imidazole rings is 2. The molecule has 0 aliphatic heterocycles. The smallest absolute Gasteiger partial charge is 0.194 e. The Labute approximate surface area is 294 Å². The van der Waals surface area contributed by atoms with Crippen LogP contribution in [0.5, 0.6) is 0 Å². The number of ketones is 1. The second-order valence-corrected chi connectivity index (χ2v) is 12.8. The van der Waals surface area contributed by atoms with Gasteiger partial charge in [-0.05, 0) is 42.3 Å². The van der Waals surface area contributed by atoms with Gasteiger partial charge in [0.05, 0.1) is 22.8 Å². The lowest BCUT2D eigenvalue weighted by Crippen LogP contribution is -1.95. The molecule has 9 rings (SSSR count). The molecule has 1 aliphatic rings. The molecule has 0 atom stereocenters. The molecule has 1 aliphatic carbocycles. The Morgan fingerprint density at radius 2 is 0.941 bits per heavy atom. The summed E-state index contributed by atoms with van der Waals surface area (Å²) < 4.78 is 0. The Hall–Kier alpha value is -6.92. The molecule has 8 aromatic rings.